The first kappa shape index (κ1) is 15.2. The van der Waals surface area contributed by atoms with Gasteiger partial charge in [0.05, 0.1) is 5.25 Å². The average molecular weight is 289 g/mol. The second-order valence-corrected chi connectivity index (χ2v) is 6.51. The summed E-state index contributed by atoms with van der Waals surface area (Å²) in [5.74, 6) is 1.91. The van der Waals surface area contributed by atoms with Gasteiger partial charge in [-0.1, -0.05) is 24.6 Å². The van der Waals surface area contributed by atoms with Gasteiger partial charge in [0.15, 0.2) is 0 Å². The summed E-state index contributed by atoms with van der Waals surface area (Å²) in [6.07, 6.45) is 0.933. The Balaban J connectivity index is 2.30. The van der Waals surface area contributed by atoms with E-state index in [9.17, 15) is 0 Å². The SMILES string of the molecule is CCC(N)C(Sc1cc(C)ccc1C)c1ccc(C)o1. The van der Waals surface area contributed by atoms with Crippen LogP contribution in [0.5, 0.6) is 0 Å². The highest BCUT2D eigenvalue weighted by Crippen LogP contribution is 2.40. The molecule has 0 fully saturated rings. The molecular formula is C17H23NOS. The van der Waals surface area contributed by atoms with Gasteiger partial charge in [0, 0.05) is 10.9 Å². The Bertz CT molecular complexity index is 576. The second kappa shape index (κ2) is 6.51. The van der Waals surface area contributed by atoms with E-state index in [1.165, 1.54) is 16.0 Å². The van der Waals surface area contributed by atoms with Gasteiger partial charge in [-0.15, -0.1) is 11.8 Å². The number of hydrogen-bond acceptors (Lipinski definition) is 3. The summed E-state index contributed by atoms with van der Waals surface area (Å²) in [5.41, 5.74) is 8.88. The van der Waals surface area contributed by atoms with Crippen LogP contribution in [-0.4, -0.2) is 6.04 Å². The average Bonchev–Trinajstić information content (AvgIpc) is 2.85. The number of benzene rings is 1. The fourth-order valence-electron chi connectivity index (χ4n) is 2.15. The monoisotopic (exact) mass is 289 g/mol. The van der Waals surface area contributed by atoms with E-state index in [4.69, 9.17) is 10.2 Å². The van der Waals surface area contributed by atoms with E-state index in [0.29, 0.717) is 0 Å². The van der Waals surface area contributed by atoms with Crippen molar-refractivity contribution in [3.05, 3.63) is 53.0 Å². The molecule has 3 heteroatoms. The Labute approximate surface area is 125 Å². The summed E-state index contributed by atoms with van der Waals surface area (Å²) in [6.45, 7) is 8.36. The van der Waals surface area contributed by atoms with Crippen molar-refractivity contribution in [2.24, 2.45) is 5.73 Å². The lowest BCUT2D eigenvalue weighted by molar-refractivity contribution is 0.454. The van der Waals surface area contributed by atoms with Gasteiger partial charge >= 0.3 is 0 Å². The maximum Gasteiger partial charge on any atom is 0.119 e. The van der Waals surface area contributed by atoms with E-state index in [-0.39, 0.29) is 11.3 Å². The van der Waals surface area contributed by atoms with Crippen LogP contribution in [0.4, 0.5) is 0 Å². The lowest BCUT2D eigenvalue weighted by Crippen LogP contribution is -2.25. The molecule has 0 aliphatic rings. The van der Waals surface area contributed by atoms with Crippen molar-refractivity contribution in [2.45, 2.75) is 50.3 Å². The number of hydrogen-bond donors (Lipinski definition) is 1. The van der Waals surface area contributed by atoms with Gasteiger partial charge in [-0.25, -0.2) is 0 Å². The molecule has 0 radical (unpaired) electrons. The first-order chi connectivity index (χ1) is 9.51. The number of rotatable bonds is 5. The quantitative estimate of drug-likeness (QED) is 0.805. The van der Waals surface area contributed by atoms with Gasteiger partial charge in [0.1, 0.15) is 11.5 Å². The highest BCUT2D eigenvalue weighted by atomic mass is 32.2. The Morgan fingerprint density at radius 3 is 2.50 bits per heavy atom. The summed E-state index contributed by atoms with van der Waals surface area (Å²) in [6, 6.07) is 10.7. The zero-order valence-corrected chi connectivity index (χ0v) is 13.5. The fraction of sp³-hybridized carbons (Fsp3) is 0.412. The summed E-state index contributed by atoms with van der Waals surface area (Å²) in [7, 11) is 0. The highest BCUT2D eigenvalue weighted by molar-refractivity contribution is 7.99. The van der Waals surface area contributed by atoms with Gasteiger partial charge < -0.3 is 10.2 Å². The minimum atomic E-state index is 0.0884. The molecule has 0 amide bonds. The van der Waals surface area contributed by atoms with Crippen LogP contribution in [-0.2, 0) is 0 Å². The topological polar surface area (TPSA) is 39.2 Å². The highest BCUT2D eigenvalue weighted by Gasteiger charge is 2.23. The van der Waals surface area contributed by atoms with Gasteiger partial charge in [-0.2, -0.15) is 0 Å². The van der Waals surface area contributed by atoms with Crippen molar-refractivity contribution in [2.75, 3.05) is 0 Å². The fourth-order valence-corrected chi connectivity index (χ4v) is 3.54. The molecule has 2 rings (SSSR count). The van der Waals surface area contributed by atoms with Crippen molar-refractivity contribution in [3.8, 4) is 0 Å². The molecule has 1 heterocycles. The van der Waals surface area contributed by atoms with Crippen molar-refractivity contribution >= 4 is 11.8 Å². The first-order valence-corrected chi connectivity index (χ1v) is 7.95. The standard InChI is InChI=1S/C17H23NOS/c1-5-14(18)17(15-9-8-13(4)19-15)20-16-10-11(2)6-7-12(16)3/h6-10,14,17H,5,18H2,1-4H3. The van der Waals surface area contributed by atoms with Crippen LogP contribution in [0.2, 0.25) is 0 Å². The normalized spacial score (nSPS) is 14.2. The van der Waals surface area contributed by atoms with Crippen LogP contribution in [0, 0.1) is 20.8 Å². The van der Waals surface area contributed by atoms with E-state index >= 15 is 0 Å². The van der Waals surface area contributed by atoms with Crippen LogP contribution in [0.1, 0.15) is 41.2 Å². The number of thioether (sulfide) groups is 1. The van der Waals surface area contributed by atoms with Crippen molar-refractivity contribution < 1.29 is 4.42 Å². The third-order valence-corrected chi connectivity index (χ3v) is 5.03. The minimum Gasteiger partial charge on any atom is -0.465 e. The van der Waals surface area contributed by atoms with Crippen molar-refractivity contribution in [1.29, 1.82) is 0 Å². The minimum absolute atomic E-state index is 0.0884. The first-order valence-electron chi connectivity index (χ1n) is 7.07. The van der Waals surface area contributed by atoms with Crippen molar-refractivity contribution in [3.63, 3.8) is 0 Å². The predicted molar refractivity (Wildman–Crippen MR) is 86.2 cm³/mol. The predicted octanol–water partition coefficient (Wildman–Crippen LogP) is 4.78. The van der Waals surface area contributed by atoms with Crippen LogP contribution < -0.4 is 5.73 Å². The molecule has 20 heavy (non-hydrogen) atoms. The van der Waals surface area contributed by atoms with Crippen LogP contribution in [0.3, 0.4) is 0 Å². The molecule has 1 aromatic carbocycles. The van der Waals surface area contributed by atoms with Gasteiger partial charge in [-0.3, -0.25) is 0 Å². The number of aryl methyl sites for hydroxylation is 3. The molecular weight excluding hydrogens is 266 g/mol. The maximum absolute atomic E-state index is 6.31. The molecule has 2 aromatic rings. The third kappa shape index (κ3) is 3.47. The van der Waals surface area contributed by atoms with E-state index in [0.717, 1.165) is 17.9 Å². The van der Waals surface area contributed by atoms with E-state index < -0.39 is 0 Å². The van der Waals surface area contributed by atoms with Crippen LogP contribution in [0.25, 0.3) is 0 Å². The lowest BCUT2D eigenvalue weighted by atomic mass is 10.1. The molecule has 1 aromatic heterocycles. The smallest absolute Gasteiger partial charge is 0.119 e. The molecule has 2 atom stereocenters. The Morgan fingerprint density at radius 1 is 1.15 bits per heavy atom. The molecule has 0 saturated heterocycles. The van der Waals surface area contributed by atoms with E-state index in [1.807, 2.05) is 30.8 Å². The molecule has 108 valence electrons. The van der Waals surface area contributed by atoms with E-state index in [1.54, 1.807) is 0 Å². The van der Waals surface area contributed by atoms with Crippen LogP contribution in [0.15, 0.2) is 39.6 Å². The summed E-state index contributed by atoms with van der Waals surface area (Å²) < 4.78 is 5.81. The molecule has 2 N–H and O–H groups in total. The summed E-state index contributed by atoms with van der Waals surface area (Å²) in [5, 5.41) is 0.161. The Kier molecular flexibility index (Phi) is 4.95. The van der Waals surface area contributed by atoms with Gasteiger partial charge in [-0.05, 0) is 51.0 Å². The van der Waals surface area contributed by atoms with Gasteiger partial charge in [0.25, 0.3) is 0 Å². The molecule has 2 unspecified atom stereocenters. The Morgan fingerprint density at radius 2 is 1.90 bits per heavy atom. The summed E-state index contributed by atoms with van der Waals surface area (Å²) >= 11 is 1.81. The number of furan rings is 1. The molecule has 0 spiro atoms. The lowest BCUT2D eigenvalue weighted by Gasteiger charge is -2.21. The second-order valence-electron chi connectivity index (χ2n) is 5.33. The van der Waals surface area contributed by atoms with Crippen LogP contribution >= 0.6 is 11.8 Å². The molecule has 2 nitrogen and oxygen atoms in total. The van der Waals surface area contributed by atoms with Gasteiger partial charge in [0.2, 0.25) is 0 Å². The summed E-state index contributed by atoms with van der Waals surface area (Å²) in [4.78, 5) is 1.29. The Hall–Kier alpha value is -1.19. The molecule has 0 bridgehead atoms. The van der Waals surface area contributed by atoms with E-state index in [2.05, 4.69) is 39.0 Å². The zero-order valence-electron chi connectivity index (χ0n) is 12.6. The maximum atomic E-state index is 6.31. The molecule has 0 aliphatic heterocycles. The van der Waals surface area contributed by atoms with Crippen molar-refractivity contribution in [1.82, 2.24) is 0 Å². The number of nitrogens with two attached hydrogens (primary N) is 1. The molecule has 0 aliphatic carbocycles. The zero-order chi connectivity index (χ0) is 14.7. The third-order valence-electron chi connectivity index (χ3n) is 3.50. The molecule has 0 saturated carbocycles. The largest absolute Gasteiger partial charge is 0.465 e.